The number of nitrogens with two attached hydrogens (primary N) is 1. The fourth-order valence-electron chi connectivity index (χ4n) is 6.06. The van der Waals surface area contributed by atoms with Crippen LogP contribution in [0.1, 0.15) is 59.8 Å². The van der Waals surface area contributed by atoms with Crippen LogP contribution in [0.25, 0.3) is 0 Å². The van der Waals surface area contributed by atoms with Crippen molar-refractivity contribution in [2.45, 2.75) is 43.2 Å². The molecule has 11 nitrogen and oxygen atoms in total. The lowest BCUT2D eigenvalue weighted by Gasteiger charge is -2.34. The summed E-state index contributed by atoms with van der Waals surface area (Å²) in [6.07, 6.45) is 1.25. The van der Waals surface area contributed by atoms with E-state index in [4.69, 9.17) is 15.2 Å². The van der Waals surface area contributed by atoms with E-state index in [-0.39, 0.29) is 45.4 Å². The summed E-state index contributed by atoms with van der Waals surface area (Å²) in [5, 5.41) is 5.45. The van der Waals surface area contributed by atoms with E-state index in [1.54, 1.807) is 4.90 Å². The molecule has 5 rings (SSSR count). The average Bonchev–Trinajstić information content (AvgIpc) is 3.72. The van der Waals surface area contributed by atoms with Gasteiger partial charge in [0.2, 0.25) is 11.8 Å². The van der Waals surface area contributed by atoms with Gasteiger partial charge in [0.05, 0.1) is 36.6 Å². The summed E-state index contributed by atoms with van der Waals surface area (Å²) in [4.78, 5) is 40.1. The van der Waals surface area contributed by atoms with Crippen molar-refractivity contribution >= 4 is 39.1 Å². The lowest BCUT2D eigenvalue weighted by molar-refractivity contribution is -0.133. The summed E-state index contributed by atoms with van der Waals surface area (Å²) >= 11 is 0. The van der Waals surface area contributed by atoms with Crippen LogP contribution in [0.4, 0.5) is 25.0 Å². The molecular formula is C32H34F2N4O7S. The Kier molecular flexibility index (Phi) is 8.94. The second-order valence-corrected chi connectivity index (χ2v) is 13.6. The molecule has 244 valence electrons. The van der Waals surface area contributed by atoms with Crippen molar-refractivity contribution in [1.82, 2.24) is 4.90 Å². The topological polar surface area (TPSA) is 157 Å². The van der Waals surface area contributed by atoms with Gasteiger partial charge in [-0.15, -0.1) is 0 Å². The number of nitrogens with zero attached hydrogens (tertiary/aromatic N) is 1. The minimum absolute atomic E-state index is 0.00731. The third kappa shape index (κ3) is 6.21. The van der Waals surface area contributed by atoms with Gasteiger partial charge in [0.1, 0.15) is 11.9 Å². The molecule has 1 spiro atoms. The van der Waals surface area contributed by atoms with Crippen LogP contribution in [0.3, 0.4) is 0 Å². The zero-order chi connectivity index (χ0) is 33.4. The number of amides is 3. The van der Waals surface area contributed by atoms with Gasteiger partial charge in [-0.1, -0.05) is 13.0 Å². The molecule has 0 radical (unpaired) electrons. The minimum atomic E-state index is -3.79. The molecule has 3 amide bonds. The Bertz CT molecular complexity index is 1810. The summed E-state index contributed by atoms with van der Waals surface area (Å²) in [7, 11) is -1.33. The zero-order valence-electron chi connectivity index (χ0n) is 25.4. The number of hydrogen-bond donors (Lipinski definition) is 3. The number of rotatable bonds is 10. The summed E-state index contributed by atoms with van der Waals surface area (Å²) < 4.78 is 66.1. The first-order valence-electron chi connectivity index (χ1n) is 14.6. The van der Waals surface area contributed by atoms with Gasteiger partial charge >= 0.3 is 6.09 Å². The number of benzene rings is 3. The number of halogens is 2. The Labute approximate surface area is 265 Å². The van der Waals surface area contributed by atoms with E-state index in [0.29, 0.717) is 12.0 Å². The largest absolute Gasteiger partial charge is 0.494 e. The van der Waals surface area contributed by atoms with Gasteiger partial charge in [0, 0.05) is 17.8 Å². The third-order valence-corrected chi connectivity index (χ3v) is 10.5. The number of hydrogen-bond acceptors (Lipinski definition) is 8. The molecule has 0 aromatic heterocycles. The second kappa shape index (κ2) is 12.6. The van der Waals surface area contributed by atoms with E-state index in [2.05, 4.69) is 10.6 Å². The van der Waals surface area contributed by atoms with E-state index in [1.165, 1.54) is 63.6 Å². The van der Waals surface area contributed by atoms with Crippen LogP contribution < -0.4 is 21.1 Å². The first-order valence-corrected chi connectivity index (χ1v) is 16.2. The number of ether oxygens (including phenoxy) is 2. The molecule has 1 saturated heterocycles. The highest BCUT2D eigenvalue weighted by Gasteiger charge is 2.58. The summed E-state index contributed by atoms with van der Waals surface area (Å²) in [5.41, 5.74) is 5.61. The van der Waals surface area contributed by atoms with Crippen molar-refractivity contribution in [3.63, 3.8) is 0 Å². The minimum Gasteiger partial charge on any atom is -0.494 e. The predicted octanol–water partition coefficient (Wildman–Crippen LogP) is 4.95. The van der Waals surface area contributed by atoms with Crippen LogP contribution in [0.15, 0.2) is 59.5 Å². The van der Waals surface area contributed by atoms with Crippen LogP contribution in [0.2, 0.25) is 0 Å². The van der Waals surface area contributed by atoms with Crippen molar-refractivity contribution < 1.29 is 41.1 Å². The van der Waals surface area contributed by atoms with E-state index < -0.39 is 56.9 Å². The van der Waals surface area contributed by atoms with Gasteiger partial charge in [-0.25, -0.2) is 22.0 Å². The maximum atomic E-state index is 15.1. The number of carbonyl (C=O) groups is 3. The van der Waals surface area contributed by atoms with Gasteiger partial charge in [-0.3, -0.25) is 14.9 Å². The summed E-state index contributed by atoms with van der Waals surface area (Å²) in [6, 6.07) is 9.54. The highest BCUT2D eigenvalue weighted by molar-refractivity contribution is 7.91. The van der Waals surface area contributed by atoms with E-state index in [9.17, 15) is 27.2 Å². The standard InChI is InChI=1S/C32H34F2N4O7S/c1-4-46(42,43)26-10-7-20(36-31(41)45-3)17-21(26)28-32(11-12-32)13-14-38(28)30(40)27(18-5-9-23(34)25(16-18)44-2)37-24-15-19(29(35)39)6-8-22(24)33/h5-10,15-17,27-28,37H,4,11-14H2,1-3H3,(H2,35,39)(H,36,41)/t27-,28-/m0/s1. The Balaban J connectivity index is 1.65. The molecule has 3 aromatic rings. The van der Waals surface area contributed by atoms with Gasteiger partial charge in [0.15, 0.2) is 21.4 Å². The van der Waals surface area contributed by atoms with Gasteiger partial charge in [-0.05, 0) is 84.3 Å². The number of primary amides is 1. The summed E-state index contributed by atoms with van der Waals surface area (Å²) in [5.74, 6) is -3.18. The SMILES string of the molecule is CCS(=O)(=O)c1ccc(NC(=O)OC)cc1[C@@H]1N(C(=O)[C@@H](Nc2cc(C(N)=O)ccc2F)c2ccc(F)c(OC)c2)CCC12CC2. The van der Waals surface area contributed by atoms with Crippen molar-refractivity contribution in [2.75, 3.05) is 37.2 Å². The fraction of sp³-hybridized carbons (Fsp3) is 0.344. The van der Waals surface area contributed by atoms with Crippen LogP contribution in [0.5, 0.6) is 5.75 Å². The smallest absolute Gasteiger partial charge is 0.411 e. The molecular weight excluding hydrogens is 622 g/mol. The van der Waals surface area contributed by atoms with Crippen molar-refractivity contribution in [1.29, 1.82) is 0 Å². The average molecular weight is 657 g/mol. The molecule has 3 aromatic carbocycles. The number of nitrogens with one attached hydrogen (secondary N) is 2. The predicted molar refractivity (Wildman–Crippen MR) is 165 cm³/mol. The summed E-state index contributed by atoms with van der Waals surface area (Å²) in [6.45, 7) is 1.75. The van der Waals surface area contributed by atoms with Crippen molar-refractivity contribution in [3.8, 4) is 5.75 Å². The third-order valence-electron chi connectivity index (χ3n) is 8.68. The molecule has 0 unspecified atom stereocenters. The lowest BCUT2D eigenvalue weighted by Crippen LogP contribution is -2.39. The molecule has 1 aliphatic carbocycles. The molecule has 0 bridgehead atoms. The molecule has 2 atom stereocenters. The van der Waals surface area contributed by atoms with Crippen LogP contribution in [-0.4, -0.2) is 57.7 Å². The highest BCUT2D eigenvalue weighted by Crippen LogP contribution is 2.64. The number of methoxy groups -OCH3 is 2. The van der Waals surface area contributed by atoms with Crippen LogP contribution in [-0.2, 0) is 19.4 Å². The molecule has 46 heavy (non-hydrogen) atoms. The van der Waals surface area contributed by atoms with E-state index in [1.807, 2.05) is 0 Å². The number of likely N-dealkylation sites (tertiary alicyclic amines) is 1. The Morgan fingerprint density at radius 3 is 2.37 bits per heavy atom. The normalized spacial score (nSPS) is 17.3. The maximum absolute atomic E-state index is 15.1. The molecule has 4 N–H and O–H groups in total. The molecule has 1 heterocycles. The molecule has 1 saturated carbocycles. The molecule has 2 fully saturated rings. The monoisotopic (exact) mass is 656 g/mol. The van der Waals surface area contributed by atoms with Crippen LogP contribution in [0, 0.1) is 17.0 Å². The Morgan fingerprint density at radius 1 is 1.02 bits per heavy atom. The molecule has 1 aliphatic heterocycles. The first-order chi connectivity index (χ1) is 21.8. The number of sulfone groups is 1. The first kappa shape index (κ1) is 32.7. The quantitative estimate of drug-likeness (QED) is 0.277. The molecule has 2 aliphatic rings. The Hall–Kier alpha value is -4.72. The van der Waals surface area contributed by atoms with Gasteiger partial charge in [0.25, 0.3) is 0 Å². The highest BCUT2D eigenvalue weighted by atomic mass is 32.2. The van der Waals surface area contributed by atoms with Crippen molar-refractivity contribution in [2.24, 2.45) is 11.1 Å². The fourth-order valence-corrected chi connectivity index (χ4v) is 7.18. The number of anilines is 2. The number of carbonyl (C=O) groups excluding carboxylic acids is 3. The van der Waals surface area contributed by atoms with E-state index in [0.717, 1.165) is 25.0 Å². The maximum Gasteiger partial charge on any atom is 0.411 e. The van der Waals surface area contributed by atoms with Gasteiger partial charge < -0.3 is 25.4 Å². The van der Waals surface area contributed by atoms with Crippen LogP contribution >= 0.6 is 0 Å². The second-order valence-electron chi connectivity index (χ2n) is 11.3. The van der Waals surface area contributed by atoms with E-state index >= 15 is 4.39 Å². The Morgan fingerprint density at radius 2 is 1.74 bits per heavy atom. The molecule has 14 heteroatoms. The lowest BCUT2D eigenvalue weighted by atomic mass is 9.90. The van der Waals surface area contributed by atoms with Crippen molar-refractivity contribution in [3.05, 3.63) is 82.9 Å². The van der Waals surface area contributed by atoms with Gasteiger partial charge in [-0.2, -0.15) is 0 Å². The zero-order valence-corrected chi connectivity index (χ0v) is 26.2.